The molecule has 1 fully saturated rings. The molecule has 0 bridgehead atoms. The van der Waals surface area contributed by atoms with Gasteiger partial charge in [0.25, 0.3) is 0 Å². The molecule has 0 radical (unpaired) electrons. The molecule has 1 aliphatic carbocycles. The molecule has 0 aromatic heterocycles. The summed E-state index contributed by atoms with van der Waals surface area (Å²) in [6, 6.07) is 0.412. The minimum absolute atomic E-state index is 0.0892. The van der Waals surface area contributed by atoms with Crippen LogP contribution in [0.15, 0.2) is 0 Å². The second kappa shape index (κ2) is 7.53. The fraction of sp³-hybridized carbons (Fsp3) is 1.00. The number of aliphatic hydroxyl groups excluding tert-OH is 1. The molecule has 0 saturated heterocycles. The zero-order valence-electron chi connectivity index (χ0n) is 9.86. The number of rotatable bonds is 6. The molecule has 1 rings (SSSR count). The first kappa shape index (κ1) is 13.3. The Kier molecular flexibility index (Phi) is 6.69. The highest BCUT2D eigenvalue weighted by Gasteiger charge is 2.25. The Morgan fingerprint density at radius 1 is 1.20 bits per heavy atom. The number of nitrogens with zero attached hydrogens (tertiary/aromatic N) is 1. The molecule has 15 heavy (non-hydrogen) atoms. The summed E-state index contributed by atoms with van der Waals surface area (Å²) >= 11 is 4.21. The predicted molar refractivity (Wildman–Crippen MR) is 68.6 cm³/mol. The topological polar surface area (TPSA) is 23.5 Å². The van der Waals surface area contributed by atoms with Gasteiger partial charge in [-0.1, -0.05) is 19.3 Å². The Balaban J connectivity index is 2.16. The van der Waals surface area contributed by atoms with Crippen molar-refractivity contribution in [1.82, 2.24) is 4.90 Å². The third-order valence-corrected chi connectivity index (χ3v) is 3.75. The van der Waals surface area contributed by atoms with E-state index in [0.717, 1.165) is 18.7 Å². The van der Waals surface area contributed by atoms with Crippen LogP contribution in [0.25, 0.3) is 0 Å². The van der Waals surface area contributed by atoms with Crippen molar-refractivity contribution in [3.63, 3.8) is 0 Å². The molecule has 0 aromatic carbocycles. The standard InChI is InChI=1S/C12H25NOS/c1-13(9-5-2-6-10-15)11-7-3-4-8-12(11)14/h11-12,14-15H,2-10H2,1H3. The molecule has 0 spiro atoms. The van der Waals surface area contributed by atoms with E-state index in [9.17, 15) is 5.11 Å². The van der Waals surface area contributed by atoms with Crippen LogP contribution in [0.2, 0.25) is 0 Å². The highest BCUT2D eigenvalue weighted by atomic mass is 32.1. The minimum atomic E-state index is -0.0892. The number of thiol groups is 1. The van der Waals surface area contributed by atoms with Gasteiger partial charge < -0.3 is 10.0 Å². The van der Waals surface area contributed by atoms with E-state index in [-0.39, 0.29) is 6.10 Å². The molecular formula is C12H25NOS. The van der Waals surface area contributed by atoms with E-state index >= 15 is 0 Å². The fourth-order valence-electron chi connectivity index (χ4n) is 2.42. The van der Waals surface area contributed by atoms with Crippen molar-refractivity contribution >= 4 is 12.6 Å². The maximum absolute atomic E-state index is 9.89. The number of aliphatic hydroxyl groups is 1. The molecule has 2 unspecified atom stereocenters. The third kappa shape index (κ3) is 4.75. The molecule has 90 valence electrons. The predicted octanol–water partition coefficient (Wildman–Crippen LogP) is 2.32. The van der Waals surface area contributed by atoms with Gasteiger partial charge in [0.1, 0.15) is 0 Å². The largest absolute Gasteiger partial charge is 0.391 e. The van der Waals surface area contributed by atoms with Gasteiger partial charge in [0.05, 0.1) is 6.10 Å². The number of unbranched alkanes of at least 4 members (excludes halogenated alkanes) is 2. The Morgan fingerprint density at radius 2 is 1.93 bits per heavy atom. The maximum atomic E-state index is 9.89. The van der Waals surface area contributed by atoms with E-state index in [0.29, 0.717) is 6.04 Å². The summed E-state index contributed by atoms with van der Waals surface area (Å²) in [5.41, 5.74) is 0. The molecule has 2 nitrogen and oxygen atoms in total. The first-order valence-electron chi connectivity index (χ1n) is 6.25. The summed E-state index contributed by atoms with van der Waals surface area (Å²) in [5.74, 6) is 0.996. The van der Waals surface area contributed by atoms with Gasteiger partial charge in [0, 0.05) is 6.04 Å². The van der Waals surface area contributed by atoms with Gasteiger partial charge in [0.15, 0.2) is 0 Å². The Bertz CT molecular complexity index is 166. The van der Waals surface area contributed by atoms with Crippen LogP contribution in [-0.4, -0.2) is 41.5 Å². The van der Waals surface area contributed by atoms with Crippen LogP contribution >= 0.6 is 12.6 Å². The molecule has 3 heteroatoms. The highest BCUT2D eigenvalue weighted by Crippen LogP contribution is 2.22. The van der Waals surface area contributed by atoms with E-state index < -0.39 is 0 Å². The van der Waals surface area contributed by atoms with Gasteiger partial charge in [0.2, 0.25) is 0 Å². The van der Waals surface area contributed by atoms with Crippen LogP contribution < -0.4 is 0 Å². The summed E-state index contributed by atoms with van der Waals surface area (Å²) in [7, 11) is 2.15. The molecule has 2 atom stereocenters. The first-order chi connectivity index (χ1) is 7.25. The monoisotopic (exact) mass is 231 g/mol. The zero-order chi connectivity index (χ0) is 11.1. The summed E-state index contributed by atoms with van der Waals surface area (Å²) in [6.45, 7) is 1.12. The Morgan fingerprint density at radius 3 is 2.60 bits per heavy atom. The average Bonchev–Trinajstić information content (AvgIpc) is 2.25. The van der Waals surface area contributed by atoms with Crippen molar-refractivity contribution in [2.75, 3.05) is 19.3 Å². The fourth-order valence-corrected chi connectivity index (χ4v) is 2.65. The van der Waals surface area contributed by atoms with Crippen molar-refractivity contribution in [2.45, 2.75) is 57.1 Å². The number of likely N-dealkylation sites (N-methyl/N-ethyl adjacent to an activating group) is 1. The van der Waals surface area contributed by atoms with Crippen LogP contribution in [0.5, 0.6) is 0 Å². The maximum Gasteiger partial charge on any atom is 0.0695 e. The van der Waals surface area contributed by atoms with Crippen LogP contribution in [0.3, 0.4) is 0 Å². The molecule has 1 saturated carbocycles. The van der Waals surface area contributed by atoms with Crippen molar-refractivity contribution in [2.24, 2.45) is 0 Å². The number of hydrogen-bond donors (Lipinski definition) is 2. The summed E-state index contributed by atoms with van der Waals surface area (Å²) in [6.07, 6.45) is 8.26. The van der Waals surface area contributed by atoms with Crippen molar-refractivity contribution in [3.8, 4) is 0 Å². The molecule has 0 aliphatic heterocycles. The van der Waals surface area contributed by atoms with Gasteiger partial charge in [-0.15, -0.1) is 0 Å². The smallest absolute Gasteiger partial charge is 0.0695 e. The minimum Gasteiger partial charge on any atom is -0.391 e. The molecule has 0 amide bonds. The lowest BCUT2D eigenvalue weighted by molar-refractivity contribution is 0.0316. The average molecular weight is 231 g/mol. The van der Waals surface area contributed by atoms with E-state index in [1.54, 1.807) is 0 Å². The zero-order valence-corrected chi connectivity index (χ0v) is 10.8. The highest BCUT2D eigenvalue weighted by molar-refractivity contribution is 7.80. The van der Waals surface area contributed by atoms with Gasteiger partial charge in [-0.05, 0) is 45.0 Å². The first-order valence-corrected chi connectivity index (χ1v) is 6.88. The van der Waals surface area contributed by atoms with Gasteiger partial charge in [-0.25, -0.2) is 0 Å². The third-order valence-electron chi connectivity index (χ3n) is 3.43. The SMILES string of the molecule is CN(CCCCCS)C1CCCCC1O. The second-order valence-electron chi connectivity index (χ2n) is 4.68. The van der Waals surface area contributed by atoms with Gasteiger partial charge >= 0.3 is 0 Å². The van der Waals surface area contributed by atoms with Crippen LogP contribution in [-0.2, 0) is 0 Å². The van der Waals surface area contributed by atoms with Crippen LogP contribution in [0.1, 0.15) is 44.9 Å². The van der Waals surface area contributed by atoms with Crippen molar-refractivity contribution < 1.29 is 5.11 Å². The molecule has 1 aliphatic rings. The lowest BCUT2D eigenvalue weighted by Crippen LogP contribution is -2.43. The van der Waals surface area contributed by atoms with Crippen molar-refractivity contribution in [3.05, 3.63) is 0 Å². The Labute approximate surface area is 99.5 Å². The molecule has 0 heterocycles. The summed E-state index contributed by atoms with van der Waals surface area (Å²) < 4.78 is 0. The Hall–Kier alpha value is 0.270. The quantitative estimate of drug-likeness (QED) is 0.541. The van der Waals surface area contributed by atoms with Gasteiger partial charge in [-0.2, -0.15) is 12.6 Å². The normalized spacial score (nSPS) is 27.2. The van der Waals surface area contributed by atoms with Crippen LogP contribution in [0, 0.1) is 0 Å². The lowest BCUT2D eigenvalue weighted by Gasteiger charge is -2.35. The molecule has 1 N–H and O–H groups in total. The number of hydrogen-bond acceptors (Lipinski definition) is 3. The molecule has 0 aromatic rings. The van der Waals surface area contributed by atoms with E-state index in [1.165, 1.54) is 38.5 Å². The van der Waals surface area contributed by atoms with E-state index in [2.05, 4.69) is 24.6 Å². The van der Waals surface area contributed by atoms with Crippen LogP contribution in [0.4, 0.5) is 0 Å². The van der Waals surface area contributed by atoms with Gasteiger partial charge in [-0.3, -0.25) is 0 Å². The lowest BCUT2D eigenvalue weighted by atomic mass is 9.91. The van der Waals surface area contributed by atoms with E-state index in [4.69, 9.17) is 0 Å². The second-order valence-corrected chi connectivity index (χ2v) is 5.13. The molecular weight excluding hydrogens is 206 g/mol. The van der Waals surface area contributed by atoms with Crippen molar-refractivity contribution in [1.29, 1.82) is 0 Å². The summed E-state index contributed by atoms with van der Waals surface area (Å²) in [4.78, 5) is 2.35. The van der Waals surface area contributed by atoms with E-state index in [1.807, 2.05) is 0 Å². The summed E-state index contributed by atoms with van der Waals surface area (Å²) in [5, 5.41) is 9.89.